The third-order valence-corrected chi connectivity index (χ3v) is 2.05. The van der Waals surface area contributed by atoms with Crippen LogP contribution in [0, 0.1) is 5.82 Å². The standard InChI is InChI=1S/C8H8BrFN2O2/c9-6-2-1-5(3-7(6)10)14-4-8(11)12-13/h1-3,13H,4H2,(H2,11,12). The first-order valence-corrected chi connectivity index (χ1v) is 4.47. The molecule has 3 N–H and O–H groups in total. The van der Waals surface area contributed by atoms with Crippen LogP contribution in [0.3, 0.4) is 0 Å². The maximum absolute atomic E-state index is 12.9. The topological polar surface area (TPSA) is 67.8 Å². The summed E-state index contributed by atoms with van der Waals surface area (Å²) < 4.78 is 18.3. The molecule has 0 fully saturated rings. The minimum absolute atomic E-state index is 0.0756. The van der Waals surface area contributed by atoms with Crippen molar-refractivity contribution in [1.82, 2.24) is 0 Å². The van der Waals surface area contributed by atoms with E-state index in [4.69, 9.17) is 15.7 Å². The van der Waals surface area contributed by atoms with Gasteiger partial charge >= 0.3 is 0 Å². The lowest BCUT2D eigenvalue weighted by atomic mass is 10.3. The van der Waals surface area contributed by atoms with Crippen LogP contribution < -0.4 is 10.5 Å². The van der Waals surface area contributed by atoms with Gasteiger partial charge in [-0.15, -0.1) is 0 Å². The molecule has 0 aliphatic heterocycles. The first-order valence-electron chi connectivity index (χ1n) is 3.67. The molecule has 1 aromatic rings. The Hall–Kier alpha value is -1.30. The quantitative estimate of drug-likeness (QED) is 0.377. The van der Waals surface area contributed by atoms with Gasteiger partial charge in [0.25, 0.3) is 0 Å². The fourth-order valence-corrected chi connectivity index (χ4v) is 0.999. The highest BCUT2D eigenvalue weighted by atomic mass is 79.9. The molecule has 0 aromatic heterocycles. The monoisotopic (exact) mass is 262 g/mol. The van der Waals surface area contributed by atoms with Crippen molar-refractivity contribution < 1.29 is 14.3 Å². The van der Waals surface area contributed by atoms with Crippen molar-refractivity contribution in [2.45, 2.75) is 0 Å². The van der Waals surface area contributed by atoms with Gasteiger partial charge in [0.05, 0.1) is 4.47 Å². The lowest BCUT2D eigenvalue weighted by Crippen LogP contribution is -2.20. The minimum atomic E-state index is -0.429. The number of amidine groups is 1. The SMILES string of the molecule is NC(COc1ccc(Br)c(F)c1)=NO. The number of oxime groups is 1. The Morgan fingerprint density at radius 2 is 2.36 bits per heavy atom. The number of hydrogen-bond donors (Lipinski definition) is 2. The van der Waals surface area contributed by atoms with Gasteiger partial charge < -0.3 is 15.7 Å². The summed E-state index contributed by atoms with van der Waals surface area (Å²) in [6, 6.07) is 4.28. The zero-order chi connectivity index (χ0) is 10.6. The molecule has 0 unspecified atom stereocenters. The highest BCUT2D eigenvalue weighted by molar-refractivity contribution is 9.10. The van der Waals surface area contributed by atoms with Crippen molar-refractivity contribution in [3.05, 3.63) is 28.5 Å². The second-order valence-electron chi connectivity index (χ2n) is 2.46. The van der Waals surface area contributed by atoms with E-state index < -0.39 is 5.82 Å². The predicted molar refractivity (Wildman–Crippen MR) is 53.0 cm³/mol. The van der Waals surface area contributed by atoms with Gasteiger partial charge in [0.2, 0.25) is 0 Å². The van der Waals surface area contributed by atoms with Crippen LogP contribution >= 0.6 is 15.9 Å². The van der Waals surface area contributed by atoms with Crippen molar-refractivity contribution >= 4 is 21.8 Å². The molecule has 6 heteroatoms. The van der Waals surface area contributed by atoms with Gasteiger partial charge in [0.15, 0.2) is 5.84 Å². The second kappa shape index (κ2) is 4.80. The number of benzene rings is 1. The molecule has 0 saturated heterocycles. The van der Waals surface area contributed by atoms with Gasteiger partial charge in [-0.3, -0.25) is 0 Å². The molecule has 0 heterocycles. The van der Waals surface area contributed by atoms with E-state index in [1.165, 1.54) is 12.1 Å². The van der Waals surface area contributed by atoms with Crippen LogP contribution in [-0.2, 0) is 0 Å². The van der Waals surface area contributed by atoms with E-state index in [9.17, 15) is 4.39 Å². The summed E-state index contributed by atoms with van der Waals surface area (Å²) in [7, 11) is 0. The van der Waals surface area contributed by atoms with Crippen molar-refractivity contribution in [2.24, 2.45) is 10.9 Å². The Balaban J connectivity index is 2.64. The van der Waals surface area contributed by atoms with Crippen molar-refractivity contribution in [2.75, 3.05) is 6.61 Å². The van der Waals surface area contributed by atoms with Crippen LogP contribution in [0.25, 0.3) is 0 Å². The highest BCUT2D eigenvalue weighted by Gasteiger charge is 2.02. The lowest BCUT2D eigenvalue weighted by molar-refractivity contribution is 0.306. The van der Waals surface area contributed by atoms with Crippen LogP contribution in [0.2, 0.25) is 0 Å². The summed E-state index contributed by atoms with van der Waals surface area (Å²) in [6.45, 7) is -0.0857. The Labute approximate surface area is 88.3 Å². The molecule has 1 rings (SSSR count). The molecule has 0 aliphatic rings. The van der Waals surface area contributed by atoms with Gasteiger partial charge in [0, 0.05) is 6.07 Å². The first kappa shape index (κ1) is 10.8. The maximum atomic E-state index is 12.9. The van der Waals surface area contributed by atoms with E-state index in [0.717, 1.165) is 0 Å². The minimum Gasteiger partial charge on any atom is -0.485 e. The molecule has 1 aromatic carbocycles. The molecule has 4 nitrogen and oxygen atoms in total. The predicted octanol–water partition coefficient (Wildman–Crippen LogP) is 1.71. The summed E-state index contributed by atoms with van der Waals surface area (Å²) >= 11 is 3.00. The number of hydrogen-bond acceptors (Lipinski definition) is 3. The zero-order valence-electron chi connectivity index (χ0n) is 7.08. The second-order valence-corrected chi connectivity index (χ2v) is 3.31. The summed E-state index contributed by atoms with van der Waals surface area (Å²) in [5, 5.41) is 10.9. The molecule has 0 saturated carbocycles. The van der Waals surface area contributed by atoms with Gasteiger partial charge in [-0.05, 0) is 28.1 Å². The maximum Gasteiger partial charge on any atom is 0.177 e. The van der Waals surface area contributed by atoms with Gasteiger partial charge in [-0.25, -0.2) is 4.39 Å². The van der Waals surface area contributed by atoms with Crippen LogP contribution in [0.15, 0.2) is 27.8 Å². The lowest BCUT2D eigenvalue weighted by Gasteiger charge is -2.04. The van der Waals surface area contributed by atoms with E-state index >= 15 is 0 Å². The number of rotatable bonds is 3. The zero-order valence-corrected chi connectivity index (χ0v) is 8.66. The van der Waals surface area contributed by atoms with E-state index in [1.807, 2.05) is 0 Å². The molecule has 0 aliphatic carbocycles. The van der Waals surface area contributed by atoms with Crippen molar-refractivity contribution in [1.29, 1.82) is 0 Å². The van der Waals surface area contributed by atoms with Gasteiger partial charge in [0.1, 0.15) is 18.2 Å². The summed E-state index contributed by atoms with van der Waals surface area (Å²) in [6.07, 6.45) is 0. The molecule has 0 amide bonds. The Bertz CT molecular complexity index is 357. The third kappa shape index (κ3) is 2.88. The molecular weight excluding hydrogens is 255 g/mol. The summed E-state index contributed by atoms with van der Waals surface area (Å²) in [5.41, 5.74) is 5.16. The molecule has 0 atom stereocenters. The van der Waals surface area contributed by atoms with E-state index in [0.29, 0.717) is 10.2 Å². The molecule has 0 spiro atoms. The smallest absolute Gasteiger partial charge is 0.177 e. The number of ether oxygens (including phenoxy) is 1. The average molecular weight is 263 g/mol. The van der Waals surface area contributed by atoms with E-state index in [1.54, 1.807) is 6.07 Å². The van der Waals surface area contributed by atoms with Crippen LogP contribution in [0.5, 0.6) is 5.75 Å². The number of nitrogens with two attached hydrogens (primary N) is 1. The van der Waals surface area contributed by atoms with Crippen LogP contribution in [0.4, 0.5) is 4.39 Å². The van der Waals surface area contributed by atoms with E-state index in [-0.39, 0.29) is 12.4 Å². The Morgan fingerprint density at radius 3 is 2.93 bits per heavy atom. The number of halogens is 2. The van der Waals surface area contributed by atoms with Gasteiger partial charge in [-0.2, -0.15) is 0 Å². The molecule has 76 valence electrons. The fourth-order valence-electron chi connectivity index (χ4n) is 0.753. The van der Waals surface area contributed by atoms with E-state index in [2.05, 4.69) is 21.1 Å². The molecular formula is C8H8BrFN2O2. The highest BCUT2D eigenvalue weighted by Crippen LogP contribution is 2.20. The Morgan fingerprint density at radius 1 is 1.64 bits per heavy atom. The largest absolute Gasteiger partial charge is 0.485 e. The normalized spacial score (nSPS) is 11.4. The van der Waals surface area contributed by atoms with Crippen LogP contribution in [-0.4, -0.2) is 17.6 Å². The first-order chi connectivity index (χ1) is 6.63. The fraction of sp³-hybridized carbons (Fsp3) is 0.125. The number of nitrogens with zero attached hydrogens (tertiary/aromatic N) is 1. The van der Waals surface area contributed by atoms with Crippen LogP contribution in [0.1, 0.15) is 0 Å². The molecule has 0 bridgehead atoms. The molecule has 14 heavy (non-hydrogen) atoms. The average Bonchev–Trinajstić information content (AvgIpc) is 2.19. The van der Waals surface area contributed by atoms with Crippen molar-refractivity contribution in [3.63, 3.8) is 0 Å². The summed E-state index contributed by atoms with van der Waals surface area (Å²) in [5.74, 6) is -0.187. The molecule has 0 radical (unpaired) electrons. The third-order valence-electron chi connectivity index (χ3n) is 1.41. The van der Waals surface area contributed by atoms with Crippen molar-refractivity contribution in [3.8, 4) is 5.75 Å². The Kier molecular flexibility index (Phi) is 3.70. The van der Waals surface area contributed by atoms with Gasteiger partial charge in [-0.1, -0.05) is 5.16 Å². The summed E-state index contributed by atoms with van der Waals surface area (Å²) in [4.78, 5) is 0.